The number of hydrogen-bond acceptors (Lipinski definition) is 2. The van der Waals surface area contributed by atoms with Crippen LogP contribution in [0.1, 0.15) is 21.5 Å². The average Bonchev–Trinajstić information content (AvgIpc) is 1.99. The zero-order valence-electron chi connectivity index (χ0n) is 6.72. The third-order valence-corrected chi connectivity index (χ3v) is 1.89. The topological polar surface area (TPSA) is 43.1 Å². The van der Waals surface area contributed by atoms with Crippen molar-refractivity contribution in [1.29, 1.82) is 0 Å². The van der Waals surface area contributed by atoms with Crippen LogP contribution < -0.4 is 5.73 Å². The Labute approximate surface area is 66.0 Å². The maximum absolute atomic E-state index is 10.5. The number of aldehydes is 1. The molecule has 0 bridgehead atoms. The summed E-state index contributed by atoms with van der Waals surface area (Å²) >= 11 is 0. The molecule has 0 saturated heterocycles. The van der Waals surface area contributed by atoms with Crippen molar-refractivity contribution < 1.29 is 4.79 Å². The van der Waals surface area contributed by atoms with Gasteiger partial charge < -0.3 is 5.73 Å². The maximum Gasteiger partial charge on any atom is 0.150 e. The van der Waals surface area contributed by atoms with Gasteiger partial charge in [0.1, 0.15) is 0 Å². The molecule has 0 amide bonds. The Kier molecular flexibility index (Phi) is 1.94. The third-order valence-electron chi connectivity index (χ3n) is 1.89. The largest absolute Gasteiger partial charge is 0.398 e. The number of hydrogen-bond donors (Lipinski definition) is 1. The summed E-state index contributed by atoms with van der Waals surface area (Å²) in [6.45, 7) is 3.75. The van der Waals surface area contributed by atoms with Gasteiger partial charge in [-0.3, -0.25) is 4.79 Å². The molecule has 0 aliphatic heterocycles. The predicted octanol–water partition coefficient (Wildman–Crippen LogP) is 1.70. The van der Waals surface area contributed by atoms with E-state index in [4.69, 9.17) is 5.73 Å². The van der Waals surface area contributed by atoms with E-state index in [2.05, 4.69) is 0 Å². The van der Waals surface area contributed by atoms with Crippen molar-refractivity contribution in [2.24, 2.45) is 0 Å². The lowest BCUT2D eigenvalue weighted by molar-refractivity contribution is 0.112. The Balaban J connectivity index is 3.40. The summed E-state index contributed by atoms with van der Waals surface area (Å²) in [5.41, 5.74) is 8.85. The number of anilines is 1. The van der Waals surface area contributed by atoms with Crippen LogP contribution >= 0.6 is 0 Å². The summed E-state index contributed by atoms with van der Waals surface area (Å²) in [6, 6.07) is 3.67. The minimum Gasteiger partial charge on any atom is -0.398 e. The first-order chi connectivity index (χ1) is 5.16. The first-order valence-corrected chi connectivity index (χ1v) is 3.47. The molecule has 0 saturated carbocycles. The van der Waals surface area contributed by atoms with Crippen LogP contribution in [0.2, 0.25) is 0 Å². The summed E-state index contributed by atoms with van der Waals surface area (Å²) in [5, 5.41) is 0. The van der Waals surface area contributed by atoms with Crippen LogP contribution in [0.3, 0.4) is 0 Å². The molecule has 0 aliphatic rings. The molecule has 1 aromatic rings. The van der Waals surface area contributed by atoms with Crippen LogP contribution in [-0.2, 0) is 0 Å². The van der Waals surface area contributed by atoms with E-state index in [0.29, 0.717) is 11.3 Å². The molecular formula is C9H11NO. The molecule has 2 nitrogen and oxygen atoms in total. The van der Waals surface area contributed by atoms with Gasteiger partial charge in [-0.25, -0.2) is 0 Å². The number of nitrogen functional groups attached to an aromatic ring is 1. The van der Waals surface area contributed by atoms with Crippen LogP contribution in [0.25, 0.3) is 0 Å². The summed E-state index contributed by atoms with van der Waals surface area (Å²) in [4.78, 5) is 10.5. The summed E-state index contributed by atoms with van der Waals surface area (Å²) in [6.07, 6.45) is 0.848. The molecule has 0 heterocycles. The smallest absolute Gasteiger partial charge is 0.150 e. The van der Waals surface area contributed by atoms with Gasteiger partial charge in [0, 0.05) is 11.3 Å². The Hall–Kier alpha value is -1.31. The van der Waals surface area contributed by atoms with Crippen molar-refractivity contribution in [2.45, 2.75) is 13.8 Å². The van der Waals surface area contributed by atoms with E-state index >= 15 is 0 Å². The van der Waals surface area contributed by atoms with Gasteiger partial charge in [-0.2, -0.15) is 0 Å². The fourth-order valence-corrected chi connectivity index (χ4v) is 1.06. The molecule has 1 rings (SSSR count). The highest BCUT2D eigenvalue weighted by Gasteiger charge is 2.02. The molecule has 2 N–H and O–H groups in total. The quantitative estimate of drug-likeness (QED) is 0.487. The second-order valence-electron chi connectivity index (χ2n) is 2.63. The normalized spacial score (nSPS) is 9.64. The zero-order valence-corrected chi connectivity index (χ0v) is 6.72. The molecule has 58 valence electrons. The molecule has 11 heavy (non-hydrogen) atoms. The number of aryl methyl sites for hydroxylation is 1. The lowest BCUT2D eigenvalue weighted by atomic mass is 10.0. The number of nitrogens with two attached hydrogens (primary N) is 1. The Morgan fingerprint density at radius 3 is 2.45 bits per heavy atom. The van der Waals surface area contributed by atoms with Crippen LogP contribution in [-0.4, -0.2) is 6.29 Å². The lowest BCUT2D eigenvalue weighted by Gasteiger charge is -2.04. The number of benzene rings is 1. The van der Waals surface area contributed by atoms with E-state index < -0.39 is 0 Å². The molecule has 2 heteroatoms. The van der Waals surface area contributed by atoms with Crippen LogP contribution in [0.4, 0.5) is 5.69 Å². The Bertz CT molecular complexity index is 292. The van der Waals surface area contributed by atoms with E-state index in [1.165, 1.54) is 0 Å². The zero-order chi connectivity index (χ0) is 8.43. The van der Waals surface area contributed by atoms with E-state index in [1.807, 2.05) is 26.0 Å². The number of carbonyl (C=O) groups excluding carboxylic acids is 1. The fraction of sp³-hybridized carbons (Fsp3) is 0.222. The highest BCUT2D eigenvalue weighted by molar-refractivity contribution is 5.82. The van der Waals surface area contributed by atoms with Crippen molar-refractivity contribution in [1.82, 2.24) is 0 Å². The van der Waals surface area contributed by atoms with Gasteiger partial charge in [0.15, 0.2) is 6.29 Å². The highest BCUT2D eigenvalue weighted by Crippen LogP contribution is 2.17. The molecular weight excluding hydrogens is 138 g/mol. The van der Waals surface area contributed by atoms with Gasteiger partial charge in [-0.1, -0.05) is 6.07 Å². The first-order valence-electron chi connectivity index (χ1n) is 3.47. The van der Waals surface area contributed by atoms with Crippen molar-refractivity contribution in [3.63, 3.8) is 0 Å². The van der Waals surface area contributed by atoms with Crippen molar-refractivity contribution in [3.8, 4) is 0 Å². The maximum atomic E-state index is 10.5. The highest BCUT2D eigenvalue weighted by atomic mass is 16.1. The van der Waals surface area contributed by atoms with E-state index in [-0.39, 0.29) is 0 Å². The lowest BCUT2D eigenvalue weighted by Crippen LogP contribution is -1.96. The SMILES string of the molecule is Cc1ccc(N)c(C)c1C=O. The van der Waals surface area contributed by atoms with E-state index in [0.717, 1.165) is 17.4 Å². The second kappa shape index (κ2) is 2.74. The average molecular weight is 149 g/mol. The number of rotatable bonds is 1. The van der Waals surface area contributed by atoms with Crippen LogP contribution in [0, 0.1) is 13.8 Å². The van der Waals surface area contributed by atoms with Gasteiger partial charge in [-0.15, -0.1) is 0 Å². The van der Waals surface area contributed by atoms with Crippen LogP contribution in [0.5, 0.6) is 0 Å². The molecule has 0 radical (unpaired) electrons. The summed E-state index contributed by atoms with van der Waals surface area (Å²) in [7, 11) is 0. The van der Waals surface area contributed by atoms with Crippen molar-refractivity contribution in [3.05, 3.63) is 28.8 Å². The van der Waals surface area contributed by atoms with Gasteiger partial charge in [0.25, 0.3) is 0 Å². The summed E-state index contributed by atoms with van der Waals surface area (Å²) < 4.78 is 0. The minimum atomic E-state index is 0.678. The molecule has 0 fully saturated rings. The standard InChI is InChI=1S/C9H11NO/c1-6-3-4-9(10)7(2)8(6)5-11/h3-5H,10H2,1-2H3. The van der Waals surface area contributed by atoms with E-state index in [1.54, 1.807) is 0 Å². The molecule has 0 aliphatic carbocycles. The minimum absolute atomic E-state index is 0.678. The van der Waals surface area contributed by atoms with Gasteiger partial charge in [-0.05, 0) is 31.0 Å². The van der Waals surface area contributed by atoms with Crippen molar-refractivity contribution >= 4 is 12.0 Å². The third kappa shape index (κ3) is 1.24. The molecule has 0 unspecified atom stereocenters. The first kappa shape index (κ1) is 7.79. The molecule has 1 aromatic carbocycles. The fourth-order valence-electron chi connectivity index (χ4n) is 1.06. The Morgan fingerprint density at radius 1 is 1.36 bits per heavy atom. The molecule has 0 aromatic heterocycles. The monoisotopic (exact) mass is 149 g/mol. The van der Waals surface area contributed by atoms with Gasteiger partial charge in [0.05, 0.1) is 0 Å². The second-order valence-corrected chi connectivity index (χ2v) is 2.63. The van der Waals surface area contributed by atoms with Gasteiger partial charge >= 0.3 is 0 Å². The number of carbonyl (C=O) groups is 1. The Morgan fingerprint density at radius 2 is 2.00 bits per heavy atom. The molecule has 0 spiro atoms. The summed E-state index contributed by atoms with van der Waals surface area (Å²) in [5.74, 6) is 0. The molecule has 0 atom stereocenters. The van der Waals surface area contributed by atoms with E-state index in [9.17, 15) is 4.79 Å². The predicted molar refractivity (Wildman–Crippen MR) is 45.7 cm³/mol. The van der Waals surface area contributed by atoms with Crippen LogP contribution in [0.15, 0.2) is 12.1 Å². The van der Waals surface area contributed by atoms with Crippen molar-refractivity contribution in [2.75, 3.05) is 5.73 Å². The van der Waals surface area contributed by atoms with Gasteiger partial charge in [0.2, 0.25) is 0 Å².